The minimum absolute atomic E-state index is 0.739. The molecule has 2 rings (SSSR count). The van der Waals surface area contributed by atoms with Crippen molar-refractivity contribution in [3.05, 3.63) is 33.8 Å². The highest BCUT2D eigenvalue weighted by Crippen LogP contribution is 2.23. The van der Waals surface area contributed by atoms with E-state index in [9.17, 15) is 0 Å². The molecule has 0 atom stereocenters. The minimum atomic E-state index is 0.739. The summed E-state index contributed by atoms with van der Waals surface area (Å²) in [5.74, 6) is 0.895. The summed E-state index contributed by atoms with van der Waals surface area (Å²) in [6.07, 6.45) is 2.66. The van der Waals surface area contributed by atoms with E-state index in [0.717, 1.165) is 41.2 Å². The van der Waals surface area contributed by atoms with Gasteiger partial charge < -0.3 is 10.2 Å². The molecule has 1 saturated heterocycles. The Kier molecular flexibility index (Phi) is 5.96. The van der Waals surface area contributed by atoms with Crippen LogP contribution >= 0.6 is 23.2 Å². The topological polar surface area (TPSA) is 15.3 Å². The van der Waals surface area contributed by atoms with Crippen molar-refractivity contribution in [3.8, 4) is 0 Å². The van der Waals surface area contributed by atoms with E-state index < -0.39 is 0 Å². The maximum absolute atomic E-state index is 6.14. The smallest absolute Gasteiger partial charge is 0.0465 e. The number of hydrogen-bond donors (Lipinski definition) is 1. The average molecular weight is 301 g/mol. The van der Waals surface area contributed by atoms with Crippen LogP contribution < -0.4 is 5.32 Å². The van der Waals surface area contributed by atoms with Crippen molar-refractivity contribution in [3.63, 3.8) is 0 Å². The molecule has 0 amide bonds. The number of nitrogens with one attached hydrogen (secondary N) is 1. The van der Waals surface area contributed by atoms with Crippen molar-refractivity contribution in [1.82, 2.24) is 10.2 Å². The Bertz CT molecular complexity index is 381. The molecule has 4 heteroatoms. The second-order valence-electron chi connectivity index (χ2n) is 5.40. The van der Waals surface area contributed by atoms with Gasteiger partial charge >= 0.3 is 0 Å². The molecule has 1 heterocycles. The van der Waals surface area contributed by atoms with Crippen LogP contribution in [-0.4, -0.2) is 31.1 Å². The summed E-state index contributed by atoms with van der Waals surface area (Å²) in [6.45, 7) is 7.63. The van der Waals surface area contributed by atoms with Gasteiger partial charge in [0.25, 0.3) is 0 Å². The van der Waals surface area contributed by atoms with Gasteiger partial charge in [-0.2, -0.15) is 0 Å². The molecule has 0 bridgehead atoms. The van der Waals surface area contributed by atoms with E-state index in [1.54, 1.807) is 0 Å². The second-order valence-corrected chi connectivity index (χ2v) is 6.22. The Balaban J connectivity index is 1.69. The lowest BCUT2D eigenvalue weighted by Gasteiger charge is -2.30. The van der Waals surface area contributed by atoms with Crippen LogP contribution in [0.25, 0.3) is 0 Å². The summed E-state index contributed by atoms with van der Waals surface area (Å²) in [4.78, 5) is 2.53. The van der Waals surface area contributed by atoms with Gasteiger partial charge in [-0.3, -0.25) is 0 Å². The van der Waals surface area contributed by atoms with E-state index in [0.29, 0.717) is 0 Å². The number of rotatable bonds is 5. The number of likely N-dealkylation sites (tertiary alicyclic amines) is 1. The lowest BCUT2D eigenvalue weighted by Crippen LogP contribution is -2.37. The van der Waals surface area contributed by atoms with Crippen molar-refractivity contribution in [2.24, 2.45) is 5.92 Å². The third-order valence-electron chi connectivity index (χ3n) is 3.84. The third-order valence-corrected chi connectivity index (χ3v) is 4.55. The predicted molar refractivity (Wildman–Crippen MR) is 83.0 cm³/mol. The van der Waals surface area contributed by atoms with Gasteiger partial charge in [0.1, 0.15) is 0 Å². The second kappa shape index (κ2) is 7.49. The monoisotopic (exact) mass is 300 g/mol. The molecular formula is C15H22Cl2N2. The number of hydrogen-bond acceptors (Lipinski definition) is 2. The Morgan fingerprint density at radius 2 is 1.84 bits per heavy atom. The van der Waals surface area contributed by atoms with E-state index >= 15 is 0 Å². The highest BCUT2D eigenvalue weighted by Gasteiger charge is 2.14. The van der Waals surface area contributed by atoms with Crippen molar-refractivity contribution >= 4 is 23.2 Å². The van der Waals surface area contributed by atoms with Crippen molar-refractivity contribution in [2.45, 2.75) is 26.3 Å². The van der Waals surface area contributed by atoms with Crippen LogP contribution in [0.4, 0.5) is 0 Å². The Morgan fingerprint density at radius 1 is 1.21 bits per heavy atom. The minimum Gasteiger partial charge on any atom is -0.311 e. The standard InChI is InChI=1S/C15H22Cl2N2/c1-12-5-8-19(9-6-12)10-7-18-11-13-14(16)3-2-4-15(13)17/h2-4,12,18H,5-11H2,1H3. The summed E-state index contributed by atoms with van der Waals surface area (Å²) in [5.41, 5.74) is 0.998. The van der Waals surface area contributed by atoms with E-state index in [-0.39, 0.29) is 0 Å². The molecule has 0 unspecified atom stereocenters. The Morgan fingerprint density at radius 3 is 2.47 bits per heavy atom. The van der Waals surface area contributed by atoms with E-state index in [1.807, 2.05) is 18.2 Å². The summed E-state index contributed by atoms with van der Waals surface area (Å²) in [6, 6.07) is 5.65. The molecule has 1 aliphatic rings. The van der Waals surface area contributed by atoms with E-state index in [2.05, 4.69) is 17.1 Å². The fraction of sp³-hybridized carbons (Fsp3) is 0.600. The summed E-state index contributed by atoms with van der Waals surface area (Å²) >= 11 is 12.3. The number of halogens is 2. The van der Waals surface area contributed by atoms with Crippen LogP contribution in [0.1, 0.15) is 25.3 Å². The van der Waals surface area contributed by atoms with Gasteiger partial charge in [0, 0.05) is 35.2 Å². The lowest BCUT2D eigenvalue weighted by molar-refractivity contribution is 0.193. The first kappa shape index (κ1) is 15.1. The number of benzene rings is 1. The van der Waals surface area contributed by atoms with Crippen LogP contribution in [0.3, 0.4) is 0 Å². The number of piperidine rings is 1. The maximum Gasteiger partial charge on any atom is 0.0465 e. The van der Waals surface area contributed by atoms with Crippen LogP contribution in [0.5, 0.6) is 0 Å². The van der Waals surface area contributed by atoms with Crippen molar-refractivity contribution in [2.75, 3.05) is 26.2 Å². The van der Waals surface area contributed by atoms with Gasteiger partial charge in [-0.25, -0.2) is 0 Å². The molecule has 2 nitrogen and oxygen atoms in total. The first-order chi connectivity index (χ1) is 9.16. The molecule has 1 N–H and O–H groups in total. The van der Waals surface area contributed by atoms with Gasteiger partial charge in [0.15, 0.2) is 0 Å². The molecule has 1 aliphatic heterocycles. The highest BCUT2D eigenvalue weighted by molar-refractivity contribution is 6.35. The SMILES string of the molecule is CC1CCN(CCNCc2c(Cl)cccc2Cl)CC1. The maximum atomic E-state index is 6.14. The van der Waals surface area contributed by atoms with Gasteiger partial charge in [-0.05, 0) is 44.0 Å². The van der Waals surface area contributed by atoms with Crippen LogP contribution in [-0.2, 0) is 6.54 Å². The molecule has 19 heavy (non-hydrogen) atoms. The first-order valence-corrected chi connectivity index (χ1v) is 7.78. The van der Waals surface area contributed by atoms with E-state index in [1.165, 1.54) is 25.9 Å². The first-order valence-electron chi connectivity index (χ1n) is 7.03. The van der Waals surface area contributed by atoms with Gasteiger partial charge in [-0.15, -0.1) is 0 Å². The zero-order valence-corrected chi connectivity index (χ0v) is 13.0. The van der Waals surface area contributed by atoms with Crippen molar-refractivity contribution < 1.29 is 0 Å². The Hall–Kier alpha value is -0.280. The highest BCUT2D eigenvalue weighted by atomic mass is 35.5. The summed E-state index contributed by atoms with van der Waals surface area (Å²) < 4.78 is 0. The molecule has 0 saturated carbocycles. The van der Waals surface area contributed by atoms with Crippen LogP contribution in [0.2, 0.25) is 10.0 Å². The largest absolute Gasteiger partial charge is 0.311 e. The fourth-order valence-electron chi connectivity index (χ4n) is 2.44. The van der Waals surface area contributed by atoms with Crippen LogP contribution in [0, 0.1) is 5.92 Å². The molecule has 0 spiro atoms. The fourth-order valence-corrected chi connectivity index (χ4v) is 2.97. The molecule has 106 valence electrons. The van der Waals surface area contributed by atoms with Crippen LogP contribution in [0.15, 0.2) is 18.2 Å². The predicted octanol–water partition coefficient (Wildman–Crippen LogP) is 3.81. The van der Waals surface area contributed by atoms with Gasteiger partial charge in [0.2, 0.25) is 0 Å². The van der Waals surface area contributed by atoms with E-state index in [4.69, 9.17) is 23.2 Å². The van der Waals surface area contributed by atoms with Crippen molar-refractivity contribution in [1.29, 1.82) is 0 Å². The molecule has 0 aliphatic carbocycles. The normalized spacial score (nSPS) is 17.8. The zero-order chi connectivity index (χ0) is 13.7. The molecule has 0 radical (unpaired) electrons. The Labute approximate surface area is 126 Å². The zero-order valence-electron chi connectivity index (χ0n) is 11.5. The molecule has 1 aromatic rings. The summed E-state index contributed by atoms with van der Waals surface area (Å²) in [7, 11) is 0. The van der Waals surface area contributed by atoms with Gasteiger partial charge in [0.05, 0.1) is 0 Å². The number of nitrogens with zero attached hydrogens (tertiary/aromatic N) is 1. The third kappa shape index (κ3) is 4.64. The quantitative estimate of drug-likeness (QED) is 0.832. The molecule has 1 fully saturated rings. The molecule has 1 aromatic carbocycles. The molecule has 0 aromatic heterocycles. The lowest BCUT2D eigenvalue weighted by atomic mass is 9.99. The average Bonchev–Trinajstić information content (AvgIpc) is 2.39. The molecular weight excluding hydrogens is 279 g/mol. The van der Waals surface area contributed by atoms with Gasteiger partial charge in [-0.1, -0.05) is 36.2 Å². The summed E-state index contributed by atoms with van der Waals surface area (Å²) in [5, 5.41) is 4.92.